The lowest BCUT2D eigenvalue weighted by atomic mass is 9.85. The van der Waals surface area contributed by atoms with Gasteiger partial charge in [0.25, 0.3) is 5.56 Å². The maximum absolute atomic E-state index is 13.9. The molecular formula is C16H15F5N2O2. The predicted octanol–water partition coefficient (Wildman–Crippen LogP) is 3.82. The van der Waals surface area contributed by atoms with Crippen molar-refractivity contribution in [2.24, 2.45) is 0 Å². The molecule has 0 saturated carbocycles. The Labute approximate surface area is 139 Å². The van der Waals surface area contributed by atoms with Crippen molar-refractivity contribution in [2.45, 2.75) is 31.0 Å². The summed E-state index contributed by atoms with van der Waals surface area (Å²) in [4.78, 5) is 13.0. The fraction of sp³-hybridized carbons (Fsp3) is 0.438. The molecule has 25 heavy (non-hydrogen) atoms. The zero-order chi connectivity index (χ0) is 18.4. The minimum absolute atomic E-state index is 0.119. The molecule has 0 amide bonds. The number of halogens is 5. The first kappa shape index (κ1) is 17.7. The number of hydrogen-bond donors (Lipinski definition) is 1. The van der Waals surface area contributed by atoms with Crippen LogP contribution in [0.5, 0.6) is 0 Å². The van der Waals surface area contributed by atoms with Crippen molar-refractivity contribution >= 4 is 0 Å². The van der Waals surface area contributed by atoms with E-state index in [9.17, 15) is 26.7 Å². The van der Waals surface area contributed by atoms with Gasteiger partial charge in [-0.05, 0) is 44.1 Å². The lowest BCUT2D eigenvalue weighted by Gasteiger charge is -2.36. The highest BCUT2D eigenvalue weighted by Gasteiger charge is 2.39. The molecule has 2 heterocycles. The van der Waals surface area contributed by atoms with Crippen LogP contribution in [0.25, 0.3) is 0 Å². The number of aromatic amines is 1. The number of nitrogens with zero attached hydrogens (tertiary/aromatic N) is 1. The smallest absolute Gasteiger partial charge is 0.383 e. The summed E-state index contributed by atoms with van der Waals surface area (Å²) < 4.78 is 70.9. The topological polar surface area (TPSA) is 49.2 Å². The zero-order valence-corrected chi connectivity index (χ0v) is 13.2. The van der Waals surface area contributed by atoms with Crippen LogP contribution in [0.3, 0.4) is 0 Å². The Morgan fingerprint density at radius 1 is 1.20 bits per heavy atom. The third-order valence-corrected chi connectivity index (χ3v) is 4.55. The largest absolute Gasteiger partial charge is 0.422 e. The van der Waals surface area contributed by atoms with E-state index in [1.165, 1.54) is 6.07 Å². The van der Waals surface area contributed by atoms with Gasteiger partial charge in [0.2, 0.25) is 0 Å². The normalized spacial score (nSPS) is 22.3. The lowest BCUT2D eigenvalue weighted by molar-refractivity contribution is -0.142. The van der Waals surface area contributed by atoms with Gasteiger partial charge in [-0.2, -0.15) is 18.3 Å². The Morgan fingerprint density at radius 3 is 2.36 bits per heavy atom. The van der Waals surface area contributed by atoms with Gasteiger partial charge >= 0.3 is 6.18 Å². The summed E-state index contributed by atoms with van der Waals surface area (Å²) in [6, 6.07) is 2.26. The summed E-state index contributed by atoms with van der Waals surface area (Å²) in [6.45, 7) is 0.536. The summed E-state index contributed by atoms with van der Waals surface area (Å²) in [7, 11) is 1.72. The van der Waals surface area contributed by atoms with Gasteiger partial charge in [0.05, 0.1) is 0 Å². The third kappa shape index (κ3) is 3.46. The highest BCUT2D eigenvalue weighted by molar-refractivity contribution is 5.31. The molecule has 0 unspecified atom stereocenters. The number of benzene rings is 1. The number of nitrogens with one attached hydrogen (secondary N) is 1. The van der Waals surface area contributed by atoms with Crippen molar-refractivity contribution in [3.63, 3.8) is 0 Å². The van der Waals surface area contributed by atoms with Gasteiger partial charge < -0.3 is 4.52 Å². The van der Waals surface area contributed by atoms with Gasteiger partial charge in [0, 0.05) is 18.0 Å². The summed E-state index contributed by atoms with van der Waals surface area (Å²) in [6.07, 6.45) is -4.08. The summed E-state index contributed by atoms with van der Waals surface area (Å²) in [5.41, 5.74) is -2.16. The number of piperidine rings is 1. The van der Waals surface area contributed by atoms with E-state index in [1.807, 2.05) is 4.90 Å². The average Bonchev–Trinajstić information content (AvgIpc) is 2.92. The highest BCUT2D eigenvalue weighted by Crippen LogP contribution is 2.40. The van der Waals surface area contributed by atoms with Crippen LogP contribution in [0.2, 0.25) is 0 Å². The van der Waals surface area contributed by atoms with Gasteiger partial charge in [0.1, 0.15) is 23.0 Å². The van der Waals surface area contributed by atoms with Crippen molar-refractivity contribution in [1.82, 2.24) is 10.1 Å². The lowest BCUT2D eigenvalue weighted by Crippen LogP contribution is -2.33. The molecule has 1 N–H and O–H groups in total. The second-order valence-corrected chi connectivity index (χ2v) is 6.19. The molecule has 1 aromatic carbocycles. The molecule has 3 rings (SSSR count). The zero-order valence-electron chi connectivity index (χ0n) is 13.2. The minimum atomic E-state index is -5.10. The molecule has 0 aliphatic carbocycles. The molecule has 0 spiro atoms. The maximum Gasteiger partial charge on any atom is 0.422 e. The van der Waals surface area contributed by atoms with E-state index in [1.54, 1.807) is 7.05 Å². The van der Waals surface area contributed by atoms with Gasteiger partial charge in [-0.25, -0.2) is 8.78 Å². The van der Waals surface area contributed by atoms with E-state index >= 15 is 0 Å². The van der Waals surface area contributed by atoms with E-state index in [-0.39, 0.29) is 11.5 Å². The van der Waals surface area contributed by atoms with Crippen LogP contribution in [0.4, 0.5) is 22.0 Å². The van der Waals surface area contributed by atoms with E-state index < -0.39 is 35.0 Å². The third-order valence-electron chi connectivity index (χ3n) is 4.55. The highest BCUT2D eigenvalue weighted by atomic mass is 19.4. The molecule has 2 atom stereocenters. The standard InChI is InChI=1S/C16H15F5N2O2/c1-23-3-2-8(13-7-14(24)22-25-13)6-12(23)9-4-10(17)15(11(18)5-9)16(19,20)21/h4-5,7-8,12H,2-3,6H2,1H3,(H,22,24)/t8-,12+/m0/s1. The first-order valence-corrected chi connectivity index (χ1v) is 7.61. The monoisotopic (exact) mass is 362 g/mol. The van der Waals surface area contributed by atoms with Crippen molar-refractivity contribution in [3.8, 4) is 0 Å². The number of alkyl halides is 3. The fourth-order valence-corrected chi connectivity index (χ4v) is 3.29. The Kier molecular flexibility index (Phi) is 4.44. The predicted molar refractivity (Wildman–Crippen MR) is 78.0 cm³/mol. The first-order chi connectivity index (χ1) is 11.7. The second-order valence-electron chi connectivity index (χ2n) is 6.19. The Morgan fingerprint density at radius 2 is 1.84 bits per heavy atom. The molecule has 9 heteroatoms. The van der Waals surface area contributed by atoms with E-state index in [4.69, 9.17) is 4.52 Å². The van der Waals surface area contributed by atoms with Gasteiger partial charge in [-0.15, -0.1) is 0 Å². The minimum Gasteiger partial charge on any atom is -0.383 e. The number of aromatic nitrogens is 1. The molecule has 4 nitrogen and oxygen atoms in total. The fourth-order valence-electron chi connectivity index (χ4n) is 3.29. The number of rotatable bonds is 2. The molecule has 1 aliphatic rings. The molecule has 0 radical (unpaired) electrons. The van der Waals surface area contributed by atoms with E-state index in [0.717, 1.165) is 12.1 Å². The van der Waals surface area contributed by atoms with Gasteiger partial charge in [-0.3, -0.25) is 9.69 Å². The van der Waals surface area contributed by atoms with E-state index in [0.29, 0.717) is 25.1 Å². The summed E-state index contributed by atoms with van der Waals surface area (Å²) in [5, 5.41) is 2.18. The SMILES string of the molecule is CN1CC[C@H](c2cc(=O)[nH]o2)C[C@@H]1c1cc(F)c(C(F)(F)F)c(F)c1. The van der Waals surface area contributed by atoms with Crippen molar-refractivity contribution < 1.29 is 26.5 Å². The molecule has 136 valence electrons. The molecule has 1 aromatic heterocycles. The van der Waals surface area contributed by atoms with Crippen molar-refractivity contribution in [3.05, 3.63) is 57.1 Å². The number of hydrogen-bond acceptors (Lipinski definition) is 3. The summed E-state index contributed by atoms with van der Waals surface area (Å²) >= 11 is 0. The molecule has 0 bridgehead atoms. The Hall–Kier alpha value is -2.16. The molecule has 1 aliphatic heterocycles. The number of H-pyrrole nitrogens is 1. The van der Waals surface area contributed by atoms with Crippen LogP contribution in [0.1, 0.15) is 41.7 Å². The quantitative estimate of drug-likeness (QED) is 0.827. The summed E-state index contributed by atoms with van der Waals surface area (Å²) in [5.74, 6) is -3.01. The van der Waals surface area contributed by atoms with Crippen LogP contribution in [-0.2, 0) is 6.18 Å². The van der Waals surface area contributed by atoms with Crippen molar-refractivity contribution in [2.75, 3.05) is 13.6 Å². The molecule has 1 saturated heterocycles. The maximum atomic E-state index is 13.9. The molecular weight excluding hydrogens is 347 g/mol. The molecule has 2 aromatic rings. The van der Waals surface area contributed by atoms with Crippen LogP contribution in [0.15, 0.2) is 27.5 Å². The number of likely N-dealkylation sites (tertiary alicyclic amines) is 1. The van der Waals surface area contributed by atoms with Crippen LogP contribution >= 0.6 is 0 Å². The Bertz CT molecular complexity index is 803. The second kappa shape index (κ2) is 6.29. The van der Waals surface area contributed by atoms with E-state index in [2.05, 4.69) is 5.16 Å². The average molecular weight is 362 g/mol. The van der Waals surface area contributed by atoms with Crippen molar-refractivity contribution in [1.29, 1.82) is 0 Å². The van der Waals surface area contributed by atoms with Crippen LogP contribution in [-0.4, -0.2) is 23.6 Å². The van der Waals surface area contributed by atoms with Gasteiger partial charge in [0.15, 0.2) is 0 Å². The first-order valence-electron chi connectivity index (χ1n) is 7.61. The van der Waals surface area contributed by atoms with Gasteiger partial charge in [-0.1, -0.05) is 0 Å². The van der Waals surface area contributed by atoms with Crippen LogP contribution < -0.4 is 5.56 Å². The molecule has 1 fully saturated rings. The Balaban J connectivity index is 1.93. The van der Waals surface area contributed by atoms with Crippen LogP contribution in [0, 0.1) is 11.6 Å².